The number of aryl methyl sites for hydroxylation is 2. The van der Waals surface area contributed by atoms with Crippen molar-refractivity contribution in [3.8, 4) is 0 Å². The van der Waals surface area contributed by atoms with Crippen LogP contribution in [0.1, 0.15) is 12.1 Å². The van der Waals surface area contributed by atoms with Gasteiger partial charge >= 0.3 is 0 Å². The maximum Gasteiger partial charge on any atom is 0.0705 e. The van der Waals surface area contributed by atoms with Crippen LogP contribution in [0, 0.1) is 6.92 Å². The molecule has 0 unspecified atom stereocenters. The van der Waals surface area contributed by atoms with Gasteiger partial charge in [-0.1, -0.05) is 0 Å². The van der Waals surface area contributed by atoms with Gasteiger partial charge in [0.25, 0.3) is 0 Å². The molecule has 0 spiro atoms. The van der Waals surface area contributed by atoms with Gasteiger partial charge in [-0.05, 0) is 31.5 Å². The first-order valence-electron chi connectivity index (χ1n) is 5.52. The molecule has 0 amide bonds. The maximum absolute atomic E-state index is 8.85. The van der Waals surface area contributed by atoms with E-state index in [4.69, 9.17) is 5.11 Å². The summed E-state index contributed by atoms with van der Waals surface area (Å²) in [6.45, 7) is 2.97. The second kappa shape index (κ2) is 4.53. The van der Waals surface area contributed by atoms with Gasteiger partial charge in [0, 0.05) is 31.3 Å². The zero-order valence-corrected chi connectivity index (χ0v) is 9.70. The van der Waals surface area contributed by atoms with Gasteiger partial charge in [-0.25, -0.2) is 0 Å². The van der Waals surface area contributed by atoms with Crippen LogP contribution in [0.4, 0.5) is 5.69 Å². The van der Waals surface area contributed by atoms with E-state index < -0.39 is 0 Å². The van der Waals surface area contributed by atoms with Gasteiger partial charge in [-0.3, -0.25) is 4.68 Å². The molecule has 1 aromatic heterocycles. The van der Waals surface area contributed by atoms with Crippen molar-refractivity contribution in [2.45, 2.75) is 19.9 Å². The van der Waals surface area contributed by atoms with E-state index in [2.05, 4.69) is 22.5 Å². The summed E-state index contributed by atoms with van der Waals surface area (Å²) in [6, 6.07) is 6.22. The lowest BCUT2D eigenvalue weighted by atomic mass is 10.2. The van der Waals surface area contributed by atoms with Gasteiger partial charge < -0.3 is 10.4 Å². The molecule has 0 atom stereocenters. The maximum atomic E-state index is 8.85. The van der Waals surface area contributed by atoms with E-state index in [1.807, 2.05) is 24.7 Å². The molecule has 0 radical (unpaired) electrons. The molecule has 16 heavy (non-hydrogen) atoms. The Bertz CT molecular complexity index is 490. The number of fused-ring (bicyclic) bond motifs is 1. The molecule has 0 saturated carbocycles. The Morgan fingerprint density at radius 1 is 1.44 bits per heavy atom. The van der Waals surface area contributed by atoms with Crippen molar-refractivity contribution in [1.29, 1.82) is 0 Å². The van der Waals surface area contributed by atoms with E-state index in [1.165, 1.54) is 5.39 Å². The minimum atomic E-state index is 0.201. The van der Waals surface area contributed by atoms with Crippen LogP contribution in [0.25, 0.3) is 10.9 Å². The summed E-state index contributed by atoms with van der Waals surface area (Å²) in [7, 11) is 1.91. The molecular weight excluding hydrogens is 202 g/mol. The zero-order chi connectivity index (χ0) is 11.5. The second-order valence-corrected chi connectivity index (χ2v) is 3.87. The fraction of sp³-hybridized carbons (Fsp3) is 0.417. The number of nitrogens with zero attached hydrogens (tertiary/aromatic N) is 2. The molecular formula is C12H17N3O. The monoisotopic (exact) mass is 219 g/mol. The lowest BCUT2D eigenvalue weighted by Gasteiger charge is -2.03. The van der Waals surface area contributed by atoms with Crippen LogP contribution in [0.3, 0.4) is 0 Å². The number of aliphatic hydroxyl groups excluding tert-OH is 1. The molecule has 2 N–H and O–H groups in total. The molecule has 2 aromatic rings. The molecule has 86 valence electrons. The van der Waals surface area contributed by atoms with E-state index in [1.54, 1.807) is 0 Å². The lowest BCUT2D eigenvalue weighted by molar-refractivity contribution is 0.278. The summed E-state index contributed by atoms with van der Waals surface area (Å²) in [4.78, 5) is 0. The largest absolute Gasteiger partial charge is 0.396 e. The molecule has 0 aliphatic heterocycles. The second-order valence-electron chi connectivity index (χ2n) is 3.87. The van der Waals surface area contributed by atoms with Crippen molar-refractivity contribution < 1.29 is 5.11 Å². The molecule has 0 saturated heterocycles. The molecule has 1 heterocycles. The standard InChI is InChI=1S/C12H17N3O/c1-9-11-5-4-10(13-2)8-12(11)15(14-9)6-3-7-16/h4-5,8,13,16H,3,6-7H2,1-2H3. The van der Waals surface area contributed by atoms with E-state index in [9.17, 15) is 0 Å². The summed E-state index contributed by atoms with van der Waals surface area (Å²) >= 11 is 0. The van der Waals surface area contributed by atoms with Crippen LogP contribution in [-0.2, 0) is 6.54 Å². The highest BCUT2D eigenvalue weighted by atomic mass is 16.3. The third-order valence-electron chi connectivity index (χ3n) is 2.75. The van der Waals surface area contributed by atoms with Crippen LogP contribution < -0.4 is 5.32 Å². The predicted octanol–water partition coefficient (Wildman–Crippen LogP) is 1.77. The van der Waals surface area contributed by atoms with Gasteiger partial charge in [-0.2, -0.15) is 5.10 Å². The SMILES string of the molecule is CNc1ccc2c(C)nn(CCCO)c2c1. The van der Waals surface area contributed by atoms with Crippen molar-refractivity contribution in [3.63, 3.8) is 0 Å². The highest BCUT2D eigenvalue weighted by Crippen LogP contribution is 2.22. The minimum Gasteiger partial charge on any atom is -0.396 e. The van der Waals surface area contributed by atoms with Crippen LogP contribution in [0.2, 0.25) is 0 Å². The van der Waals surface area contributed by atoms with E-state index in [0.717, 1.165) is 29.9 Å². The van der Waals surface area contributed by atoms with Gasteiger partial charge in [0.1, 0.15) is 0 Å². The van der Waals surface area contributed by atoms with Crippen molar-refractivity contribution in [1.82, 2.24) is 9.78 Å². The normalized spacial score (nSPS) is 10.9. The Hall–Kier alpha value is -1.55. The van der Waals surface area contributed by atoms with Crippen LogP contribution in [-0.4, -0.2) is 28.5 Å². The zero-order valence-electron chi connectivity index (χ0n) is 9.70. The third-order valence-corrected chi connectivity index (χ3v) is 2.75. The van der Waals surface area contributed by atoms with Crippen LogP contribution in [0.15, 0.2) is 18.2 Å². The summed E-state index contributed by atoms with van der Waals surface area (Å²) in [5.74, 6) is 0. The molecule has 1 aromatic carbocycles. The van der Waals surface area contributed by atoms with Crippen molar-refractivity contribution in [3.05, 3.63) is 23.9 Å². The molecule has 0 fully saturated rings. The number of rotatable bonds is 4. The molecule has 4 heteroatoms. The Balaban J connectivity index is 2.47. The average molecular weight is 219 g/mol. The van der Waals surface area contributed by atoms with Gasteiger partial charge in [0.05, 0.1) is 11.2 Å². The van der Waals surface area contributed by atoms with Gasteiger partial charge in [0.2, 0.25) is 0 Å². The number of hydrogen-bond donors (Lipinski definition) is 2. The molecule has 2 rings (SSSR count). The Morgan fingerprint density at radius 2 is 2.25 bits per heavy atom. The molecule has 4 nitrogen and oxygen atoms in total. The summed E-state index contributed by atoms with van der Waals surface area (Å²) in [6.07, 6.45) is 0.736. The smallest absolute Gasteiger partial charge is 0.0705 e. The number of benzene rings is 1. The third kappa shape index (κ3) is 1.88. The topological polar surface area (TPSA) is 50.1 Å². The Labute approximate surface area is 94.9 Å². The highest BCUT2D eigenvalue weighted by Gasteiger charge is 2.07. The van der Waals surface area contributed by atoms with Crippen molar-refractivity contribution in [2.24, 2.45) is 0 Å². The predicted molar refractivity (Wildman–Crippen MR) is 65.7 cm³/mol. The Morgan fingerprint density at radius 3 is 2.94 bits per heavy atom. The highest BCUT2D eigenvalue weighted by molar-refractivity contribution is 5.85. The summed E-state index contributed by atoms with van der Waals surface area (Å²) in [5, 5.41) is 17.6. The number of hydrogen-bond acceptors (Lipinski definition) is 3. The minimum absolute atomic E-state index is 0.201. The molecule has 0 aliphatic rings. The van der Waals surface area contributed by atoms with Crippen molar-refractivity contribution >= 4 is 16.6 Å². The fourth-order valence-corrected chi connectivity index (χ4v) is 1.89. The number of aliphatic hydroxyl groups is 1. The Kier molecular flexibility index (Phi) is 3.10. The number of anilines is 1. The first-order chi connectivity index (χ1) is 7.76. The van der Waals surface area contributed by atoms with Crippen LogP contribution >= 0.6 is 0 Å². The van der Waals surface area contributed by atoms with E-state index in [0.29, 0.717) is 0 Å². The summed E-state index contributed by atoms with van der Waals surface area (Å²) < 4.78 is 1.96. The number of aromatic nitrogens is 2. The summed E-state index contributed by atoms with van der Waals surface area (Å²) in [5.41, 5.74) is 3.24. The first kappa shape index (κ1) is 11.0. The fourth-order valence-electron chi connectivity index (χ4n) is 1.89. The molecule has 0 aliphatic carbocycles. The van der Waals surface area contributed by atoms with Crippen LogP contribution in [0.5, 0.6) is 0 Å². The molecule has 0 bridgehead atoms. The van der Waals surface area contributed by atoms with E-state index >= 15 is 0 Å². The first-order valence-corrected chi connectivity index (χ1v) is 5.52. The quantitative estimate of drug-likeness (QED) is 0.824. The van der Waals surface area contributed by atoms with Crippen molar-refractivity contribution in [2.75, 3.05) is 19.0 Å². The van der Waals surface area contributed by atoms with E-state index in [-0.39, 0.29) is 6.61 Å². The number of nitrogens with one attached hydrogen (secondary N) is 1. The van der Waals surface area contributed by atoms with Gasteiger partial charge in [-0.15, -0.1) is 0 Å². The lowest BCUT2D eigenvalue weighted by Crippen LogP contribution is -2.02. The van der Waals surface area contributed by atoms with Gasteiger partial charge in [0.15, 0.2) is 0 Å². The average Bonchev–Trinajstić information content (AvgIpc) is 2.63.